The van der Waals surface area contributed by atoms with Crippen LogP contribution in [0.5, 0.6) is 0 Å². The average Bonchev–Trinajstić information content (AvgIpc) is 3.02. The third kappa shape index (κ3) is 2.59. The van der Waals surface area contributed by atoms with E-state index in [4.69, 9.17) is 5.11 Å². The predicted molar refractivity (Wildman–Crippen MR) is 70.9 cm³/mol. The molecule has 3 atom stereocenters. The Hall–Kier alpha value is -1.91. The maximum atomic E-state index is 10.6. The molecule has 1 aromatic rings. The van der Waals surface area contributed by atoms with Gasteiger partial charge in [0.05, 0.1) is 12.4 Å². The molecule has 0 radical (unpaired) electrons. The van der Waals surface area contributed by atoms with Gasteiger partial charge in [0.25, 0.3) is 0 Å². The number of carboxylic acids is 1. The Labute approximate surface area is 111 Å². The van der Waals surface area contributed by atoms with Gasteiger partial charge in [0, 0.05) is 6.54 Å². The summed E-state index contributed by atoms with van der Waals surface area (Å²) in [6.07, 6.45) is 11.2. The molecule has 0 aliphatic heterocycles. The molecule has 0 spiro atoms. The number of nitrogens with zero attached hydrogens (tertiary/aromatic N) is 2. The first-order chi connectivity index (χ1) is 9.22. The normalized spacial score (nSPS) is 27.7. The van der Waals surface area contributed by atoms with Crippen LogP contribution in [0.25, 0.3) is 0 Å². The lowest BCUT2D eigenvalue weighted by Gasteiger charge is -2.18. The van der Waals surface area contributed by atoms with Crippen molar-refractivity contribution in [3.63, 3.8) is 0 Å². The lowest BCUT2D eigenvalue weighted by Crippen LogP contribution is -2.14. The predicted octanol–water partition coefficient (Wildman–Crippen LogP) is 2.19. The van der Waals surface area contributed by atoms with Crippen LogP contribution in [0.2, 0.25) is 0 Å². The van der Waals surface area contributed by atoms with Crippen molar-refractivity contribution in [1.82, 2.24) is 9.97 Å². The summed E-state index contributed by atoms with van der Waals surface area (Å²) in [7, 11) is 0. The number of fused-ring (bicyclic) bond motifs is 2. The zero-order chi connectivity index (χ0) is 13.2. The Morgan fingerprint density at radius 3 is 2.79 bits per heavy atom. The van der Waals surface area contributed by atoms with E-state index in [1.807, 2.05) is 0 Å². The van der Waals surface area contributed by atoms with Gasteiger partial charge in [-0.3, -0.25) is 0 Å². The van der Waals surface area contributed by atoms with Gasteiger partial charge in [-0.05, 0) is 37.0 Å². The number of hydrogen-bond acceptors (Lipinski definition) is 4. The van der Waals surface area contributed by atoms with E-state index in [0.29, 0.717) is 5.82 Å². The van der Waals surface area contributed by atoms with E-state index < -0.39 is 5.97 Å². The Kier molecular flexibility index (Phi) is 3.19. The van der Waals surface area contributed by atoms with Crippen molar-refractivity contribution >= 4 is 11.8 Å². The fourth-order valence-corrected chi connectivity index (χ4v) is 3.14. The molecule has 5 nitrogen and oxygen atoms in total. The van der Waals surface area contributed by atoms with Crippen LogP contribution in [0.1, 0.15) is 29.8 Å². The highest BCUT2D eigenvalue weighted by atomic mass is 16.4. The summed E-state index contributed by atoms with van der Waals surface area (Å²) < 4.78 is 0. The monoisotopic (exact) mass is 259 g/mol. The van der Waals surface area contributed by atoms with Gasteiger partial charge in [0.2, 0.25) is 0 Å². The average molecular weight is 259 g/mol. The molecule has 1 unspecified atom stereocenters. The number of hydrogen-bond donors (Lipinski definition) is 2. The Morgan fingerprint density at radius 2 is 2.21 bits per heavy atom. The number of carbonyl (C=O) groups is 1. The molecule has 100 valence electrons. The van der Waals surface area contributed by atoms with E-state index in [2.05, 4.69) is 27.4 Å². The quantitative estimate of drug-likeness (QED) is 0.793. The Bertz CT molecular complexity index is 498. The summed E-state index contributed by atoms with van der Waals surface area (Å²) in [6, 6.07) is 0. The van der Waals surface area contributed by atoms with E-state index in [1.165, 1.54) is 25.2 Å². The molecule has 3 rings (SSSR count). The van der Waals surface area contributed by atoms with E-state index >= 15 is 0 Å². The number of nitrogens with one attached hydrogen (secondary N) is 1. The van der Waals surface area contributed by atoms with E-state index in [9.17, 15) is 4.79 Å². The highest BCUT2D eigenvalue weighted by molar-refractivity contribution is 5.84. The van der Waals surface area contributed by atoms with Crippen molar-refractivity contribution in [3.05, 3.63) is 30.2 Å². The minimum absolute atomic E-state index is 0.0243. The highest BCUT2D eigenvalue weighted by Crippen LogP contribution is 2.44. The molecule has 2 aliphatic rings. The van der Waals surface area contributed by atoms with Crippen LogP contribution in [0.4, 0.5) is 5.82 Å². The molecule has 2 aliphatic carbocycles. The third-order valence-electron chi connectivity index (χ3n) is 4.11. The number of aromatic nitrogens is 2. The summed E-state index contributed by atoms with van der Waals surface area (Å²) in [6.45, 7) is 0.864. The second kappa shape index (κ2) is 4.99. The van der Waals surface area contributed by atoms with Gasteiger partial charge < -0.3 is 10.4 Å². The van der Waals surface area contributed by atoms with Crippen LogP contribution in [0.15, 0.2) is 24.5 Å². The molecular weight excluding hydrogens is 242 g/mol. The first-order valence-electron chi connectivity index (χ1n) is 6.70. The highest BCUT2D eigenvalue weighted by Gasteiger charge is 2.34. The zero-order valence-electron chi connectivity index (χ0n) is 10.6. The fourth-order valence-electron chi connectivity index (χ4n) is 3.14. The summed E-state index contributed by atoms with van der Waals surface area (Å²) in [5.41, 5.74) is -0.0243. The number of aromatic carboxylic acids is 1. The van der Waals surface area contributed by atoms with Crippen LogP contribution < -0.4 is 5.32 Å². The van der Waals surface area contributed by atoms with Gasteiger partial charge >= 0.3 is 5.97 Å². The van der Waals surface area contributed by atoms with Crippen molar-refractivity contribution in [2.75, 3.05) is 11.9 Å². The molecule has 1 aromatic heterocycles. The molecule has 0 aromatic carbocycles. The minimum atomic E-state index is -1.05. The lowest BCUT2D eigenvalue weighted by molar-refractivity contribution is 0.0690. The molecule has 1 heterocycles. The minimum Gasteiger partial charge on any atom is -0.476 e. The SMILES string of the molecule is O=C(O)c1cnc(NCCC2C[C@@H]3C=C[C@H]2C3)cn1. The smallest absolute Gasteiger partial charge is 0.356 e. The van der Waals surface area contributed by atoms with E-state index in [-0.39, 0.29) is 5.69 Å². The maximum absolute atomic E-state index is 10.6. The number of allylic oxidation sites excluding steroid dienone is 2. The Balaban J connectivity index is 1.47. The standard InChI is InChI=1S/C14H17N3O2/c18-14(19)12-7-17-13(8-16-12)15-4-3-11-6-9-1-2-10(11)5-9/h1-2,7-11H,3-6H2,(H,15,17)(H,18,19)/t9-,10+,11?/m1/s1. The van der Waals surface area contributed by atoms with Crippen molar-refractivity contribution in [3.8, 4) is 0 Å². The van der Waals surface area contributed by atoms with Crippen molar-refractivity contribution in [1.29, 1.82) is 0 Å². The van der Waals surface area contributed by atoms with Crippen LogP contribution >= 0.6 is 0 Å². The number of carboxylic acid groups (broad SMARTS) is 1. The summed E-state index contributed by atoms with van der Waals surface area (Å²) >= 11 is 0. The number of anilines is 1. The van der Waals surface area contributed by atoms with E-state index in [0.717, 1.165) is 30.7 Å². The first-order valence-corrected chi connectivity index (χ1v) is 6.70. The van der Waals surface area contributed by atoms with Gasteiger partial charge in [0.15, 0.2) is 5.69 Å². The number of rotatable bonds is 5. The van der Waals surface area contributed by atoms with Crippen LogP contribution in [-0.4, -0.2) is 27.6 Å². The van der Waals surface area contributed by atoms with Gasteiger partial charge in [-0.25, -0.2) is 14.8 Å². The van der Waals surface area contributed by atoms with Gasteiger partial charge in [-0.2, -0.15) is 0 Å². The molecule has 0 saturated heterocycles. The molecular formula is C14H17N3O2. The first kappa shape index (κ1) is 12.1. The molecule has 2 bridgehead atoms. The van der Waals surface area contributed by atoms with Crippen molar-refractivity contribution in [2.45, 2.75) is 19.3 Å². The van der Waals surface area contributed by atoms with Crippen LogP contribution in [0.3, 0.4) is 0 Å². The summed E-state index contributed by atoms with van der Waals surface area (Å²) in [4.78, 5) is 18.5. The molecule has 2 N–H and O–H groups in total. The van der Waals surface area contributed by atoms with Gasteiger partial charge in [0.1, 0.15) is 5.82 Å². The van der Waals surface area contributed by atoms with Crippen molar-refractivity contribution in [2.24, 2.45) is 17.8 Å². The van der Waals surface area contributed by atoms with Crippen LogP contribution in [-0.2, 0) is 0 Å². The molecule has 19 heavy (non-hydrogen) atoms. The van der Waals surface area contributed by atoms with E-state index in [1.54, 1.807) is 0 Å². The maximum Gasteiger partial charge on any atom is 0.356 e. The second-order valence-corrected chi connectivity index (χ2v) is 5.35. The van der Waals surface area contributed by atoms with Crippen molar-refractivity contribution < 1.29 is 9.90 Å². The largest absolute Gasteiger partial charge is 0.476 e. The zero-order valence-corrected chi connectivity index (χ0v) is 10.6. The third-order valence-corrected chi connectivity index (χ3v) is 4.11. The second-order valence-electron chi connectivity index (χ2n) is 5.35. The van der Waals surface area contributed by atoms with Crippen LogP contribution in [0, 0.1) is 17.8 Å². The Morgan fingerprint density at radius 1 is 1.32 bits per heavy atom. The summed E-state index contributed by atoms with van der Waals surface area (Å²) in [5.74, 6) is 1.96. The van der Waals surface area contributed by atoms with Gasteiger partial charge in [-0.1, -0.05) is 12.2 Å². The topological polar surface area (TPSA) is 75.1 Å². The molecule has 5 heteroatoms. The molecule has 0 amide bonds. The summed E-state index contributed by atoms with van der Waals surface area (Å²) in [5, 5.41) is 11.9. The van der Waals surface area contributed by atoms with Gasteiger partial charge in [-0.15, -0.1) is 0 Å². The lowest BCUT2D eigenvalue weighted by atomic mass is 9.91. The molecule has 1 saturated carbocycles. The molecule has 1 fully saturated rings. The fraction of sp³-hybridized carbons (Fsp3) is 0.500.